The van der Waals surface area contributed by atoms with E-state index in [1.807, 2.05) is 24.5 Å². The van der Waals surface area contributed by atoms with Gasteiger partial charge >= 0.3 is 5.91 Å². The van der Waals surface area contributed by atoms with E-state index in [1.165, 1.54) is 42.6 Å². The topological polar surface area (TPSA) is 146 Å². The Labute approximate surface area is 186 Å². The standard InChI is InChI=1S/C22H17N5O6/c1-13-9-16(14(2)25(13)17-3-5-18(6-4-17)26(29)30)12-23-24-22(28)21-11-15-10-19(27(31)32)7-8-20(15)33-21/h3-12H,1-2H3,(H,24,28)/b23-12-. The molecule has 166 valence electrons. The van der Waals surface area contributed by atoms with Crippen LogP contribution in [0, 0.1) is 34.1 Å². The Balaban J connectivity index is 1.51. The van der Waals surface area contributed by atoms with Gasteiger partial charge in [0.2, 0.25) is 0 Å². The van der Waals surface area contributed by atoms with Gasteiger partial charge in [-0.1, -0.05) is 0 Å². The number of carbonyl (C=O) groups is 1. The fourth-order valence-electron chi connectivity index (χ4n) is 3.51. The lowest BCUT2D eigenvalue weighted by Crippen LogP contribution is -2.16. The monoisotopic (exact) mass is 447 g/mol. The molecule has 11 nitrogen and oxygen atoms in total. The third kappa shape index (κ3) is 4.19. The highest BCUT2D eigenvalue weighted by Crippen LogP contribution is 2.24. The van der Waals surface area contributed by atoms with Gasteiger partial charge in [-0.05, 0) is 44.2 Å². The average molecular weight is 447 g/mol. The number of hydrazone groups is 1. The Hall–Kier alpha value is -4.80. The average Bonchev–Trinajstić information content (AvgIpc) is 3.33. The lowest BCUT2D eigenvalue weighted by Gasteiger charge is -2.09. The molecule has 0 bridgehead atoms. The third-order valence-corrected chi connectivity index (χ3v) is 5.09. The predicted octanol–water partition coefficient (Wildman–Crippen LogP) is 4.42. The second-order valence-electron chi connectivity index (χ2n) is 7.22. The number of fused-ring (bicyclic) bond motifs is 1. The van der Waals surface area contributed by atoms with Crippen molar-refractivity contribution >= 4 is 34.5 Å². The van der Waals surface area contributed by atoms with E-state index in [-0.39, 0.29) is 17.1 Å². The molecule has 0 aliphatic carbocycles. The van der Waals surface area contributed by atoms with Gasteiger partial charge in [0.05, 0.1) is 16.1 Å². The van der Waals surface area contributed by atoms with Crippen molar-refractivity contribution in [2.75, 3.05) is 0 Å². The lowest BCUT2D eigenvalue weighted by molar-refractivity contribution is -0.385. The molecule has 4 aromatic rings. The van der Waals surface area contributed by atoms with Gasteiger partial charge < -0.3 is 8.98 Å². The molecular weight excluding hydrogens is 430 g/mol. The van der Waals surface area contributed by atoms with Crippen LogP contribution in [0.1, 0.15) is 27.5 Å². The summed E-state index contributed by atoms with van der Waals surface area (Å²) in [5.41, 5.74) is 5.85. The second-order valence-corrected chi connectivity index (χ2v) is 7.22. The zero-order valence-corrected chi connectivity index (χ0v) is 17.5. The molecule has 0 unspecified atom stereocenters. The second kappa shape index (κ2) is 8.38. The fraction of sp³-hybridized carbons (Fsp3) is 0.0909. The van der Waals surface area contributed by atoms with Gasteiger partial charge in [-0.3, -0.25) is 25.0 Å². The van der Waals surface area contributed by atoms with Crippen LogP contribution in [0.3, 0.4) is 0 Å². The molecule has 4 rings (SSSR count). The van der Waals surface area contributed by atoms with Gasteiger partial charge in [-0.2, -0.15) is 5.10 Å². The number of hydrogen-bond donors (Lipinski definition) is 1. The number of non-ortho nitro benzene ring substituents is 2. The van der Waals surface area contributed by atoms with Gasteiger partial charge in [-0.25, -0.2) is 5.43 Å². The van der Waals surface area contributed by atoms with Crippen molar-refractivity contribution in [2.24, 2.45) is 5.10 Å². The minimum Gasteiger partial charge on any atom is -0.451 e. The summed E-state index contributed by atoms with van der Waals surface area (Å²) < 4.78 is 7.35. The molecule has 1 amide bonds. The molecule has 0 saturated carbocycles. The first-order chi connectivity index (χ1) is 15.7. The van der Waals surface area contributed by atoms with Gasteiger partial charge in [0.25, 0.3) is 11.4 Å². The van der Waals surface area contributed by atoms with Crippen LogP contribution in [0.15, 0.2) is 64.1 Å². The summed E-state index contributed by atoms with van der Waals surface area (Å²) >= 11 is 0. The summed E-state index contributed by atoms with van der Waals surface area (Å²) in [4.78, 5) is 33.2. The van der Waals surface area contributed by atoms with Crippen LogP contribution in [0.4, 0.5) is 11.4 Å². The summed E-state index contributed by atoms with van der Waals surface area (Å²) in [6, 6.07) is 13.5. The van der Waals surface area contributed by atoms with E-state index in [1.54, 1.807) is 12.1 Å². The number of aryl methyl sites for hydroxylation is 1. The molecule has 0 aliphatic heterocycles. The van der Waals surface area contributed by atoms with Crippen LogP contribution in [-0.2, 0) is 0 Å². The van der Waals surface area contributed by atoms with E-state index in [9.17, 15) is 25.0 Å². The summed E-state index contributed by atoms with van der Waals surface area (Å²) in [5.74, 6) is -0.631. The number of hydrogen-bond acceptors (Lipinski definition) is 7. The third-order valence-electron chi connectivity index (χ3n) is 5.09. The van der Waals surface area contributed by atoms with Crippen LogP contribution in [0.5, 0.6) is 0 Å². The van der Waals surface area contributed by atoms with E-state index >= 15 is 0 Å². The highest BCUT2D eigenvalue weighted by molar-refractivity contribution is 5.97. The van der Waals surface area contributed by atoms with Gasteiger partial charge in [-0.15, -0.1) is 0 Å². The van der Waals surface area contributed by atoms with Gasteiger partial charge in [0.1, 0.15) is 5.58 Å². The Bertz CT molecular complexity index is 1430. The Morgan fingerprint density at radius 2 is 1.67 bits per heavy atom. The Kier molecular flexibility index (Phi) is 5.44. The van der Waals surface area contributed by atoms with Crippen molar-refractivity contribution in [2.45, 2.75) is 13.8 Å². The number of benzene rings is 2. The molecule has 33 heavy (non-hydrogen) atoms. The number of amides is 1. The number of aromatic nitrogens is 1. The summed E-state index contributed by atoms with van der Waals surface area (Å²) in [5, 5.41) is 26.2. The molecule has 0 radical (unpaired) electrons. The Morgan fingerprint density at radius 3 is 2.33 bits per heavy atom. The molecule has 0 aliphatic rings. The summed E-state index contributed by atoms with van der Waals surface area (Å²) in [6.07, 6.45) is 1.48. The SMILES string of the molecule is Cc1cc(/C=N\NC(=O)c2cc3cc([N+](=O)[O-])ccc3o2)c(C)n1-c1ccc([N+](=O)[O-])cc1. The lowest BCUT2D eigenvalue weighted by atomic mass is 10.2. The largest absolute Gasteiger partial charge is 0.451 e. The van der Waals surface area contributed by atoms with E-state index < -0.39 is 15.8 Å². The van der Waals surface area contributed by atoms with E-state index in [4.69, 9.17) is 4.42 Å². The quantitative estimate of drug-likeness (QED) is 0.263. The minimum absolute atomic E-state index is 0.00547. The number of nitro groups is 2. The molecule has 11 heteroatoms. The van der Waals surface area contributed by atoms with Crippen LogP contribution in [0.2, 0.25) is 0 Å². The zero-order valence-electron chi connectivity index (χ0n) is 17.5. The number of rotatable bonds is 6. The molecule has 0 fully saturated rings. The first-order valence-electron chi connectivity index (χ1n) is 9.70. The molecule has 2 heterocycles. The van der Waals surface area contributed by atoms with Crippen LogP contribution < -0.4 is 5.43 Å². The molecular formula is C22H17N5O6. The number of carbonyl (C=O) groups excluding carboxylic acids is 1. The maximum Gasteiger partial charge on any atom is 0.307 e. The Morgan fingerprint density at radius 1 is 1.00 bits per heavy atom. The summed E-state index contributed by atoms with van der Waals surface area (Å²) in [6.45, 7) is 3.75. The summed E-state index contributed by atoms with van der Waals surface area (Å²) in [7, 11) is 0. The van der Waals surface area contributed by atoms with Crippen LogP contribution in [-0.4, -0.2) is 26.5 Å². The fourth-order valence-corrected chi connectivity index (χ4v) is 3.51. The van der Waals surface area contributed by atoms with Crippen molar-refractivity contribution in [3.05, 3.63) is 97.5 Å². The van der Waals surface area contributed by atoms with Crippen molar-refractivity contribution < 1.29 is 19.1 Å². The number of furan rings is 1. The number of nitrogens with one attached hydrogen (secondary N) is 1. The van der Waals surface area contributed by atoms with Gasteiger partial charge in [0, 0.05) is 52.3 Å². The maximum absolute atomic E-state index is 12.4. The van der Waals surface area contributed by atoms with Crippen molar-refractivity contribution in [3.8, 4) is 5.69 Å². The van der Waals surface area contributed by atoms with E-state index in [2.05, 4.69) is 10.5 Å². The first-order valence-corrected chi connectivity index (χ1v) is 9.70. The number of nitro benzene ring substituents is 2. The molecule has 2 aromatic carbocycles. The highest BCUT2D eigenvalue weighted by Gasteiger charge is 2.15. The maximum atomic E-state index is 12.4. The molecule has 1 N–H and O–H groups in total. The van der Waals surface area contributed by atoms with Crippen molar-refractivity contribution in [1.29, 1.82) is 0 Å². The molecule has 0 saturated heterocycles. The van der Waals surface area contributed by atoms with E-state index in [0.29, 0.717) is 11.0 Å². The van der Waals surface area contributed by atoms with Gasteiger partial charge in [0.15, 0.2) is 5.76 Å². The first kappa shape index (κ1) is 21.4. The minimum atomic E-state index is -0.603. The normalized spacial score (nSPS) is 11.2. The van der Waals surface area contributed by atoms with Crippen molar-refractivity contribution in [1.82, 2.24) is 9.99 Å². The smallest absolute Gasteiger partial charge is 0.307 e. The predicted molar refractivity (Wildman–Crippen MR) is 120 cm³/mol. The number of nitrogens with zero attached hydrogens (tertiary/aromatic N) is 4. The molecule has 2 aromatic heterocycles. The molecule has 0 spiro atoms. The molecule has 0 atom stereocenters. The van der Waals surface area contributed by atoms with E-state index in [0.717, 1.165) is 22.6 Å². The zero-order chi connectivity index (χ0) is 23.7. The van der Waals surface area contributed by atoms with Crippen LogP contribution in [0.25, 0.3) is 16.7 Å². The highest BCUT2D eigenvalue weighted by atomic mass is 16.6. The van der Waals surface area contributed by atoms with Crippen LogP contribution >= 0.6 is 0 Å². The van der Waals surface area contributed by atoms with Crippen molar-refractivity contribution in [3.63, 3.8) is 0 Å².